The molecule has 0 aliphatic carbocycles. The molecule has 0 aliphatic rings. The first kappa shape index (κ1) is 16.0. The Labute approximate surface area is 136 Å². The summed E-state index contributed by atoms with van der Waals surface area (Å²) in [5, 5.41) is 11.6. The number of hydrogen-bond donors (Lipinski definition) is 1. The SMILES string of the molecule is CCn1cnnc1SCC(=O)N[C@H](C)c1ccc(Br)cc1. The number of hydrogen-bond acceptors (Lipinski definition) is 4. The minimum Gasteiger partial charge on any atom is -0.349 e. The molecule has 0 saturated heterocycles. The van der Waals surface area contributed by atoms with E-state index in [0.29, 0.717) is 5.75 Å². The van der Waals surface area contributed by atoms with Gasteiger partial charge in [-0.05, 0) is 31.5 Å². The number of thioether (sulfide) groups is 1. The van der Waals surface area contributed by atoms with Gasteiger partial charge in [0.15, 0.2) is 5.16 Å². The van der Waals surface area contributed by atoms with Crippen LogP contribution in [0.1, 0.15) is 25.5 Å². The predicted octanol–water partition coefficient (Wildman–Crippen LogP) is 3.03. The normalized spacial score (nSPS) is 12.1. The summed E-state index contributed by atoms with van der Waals surface area (Å²) in [6, 6.07) is 7.91. The van der Waals surface area contributed by atoms with Crippen molar-refractivity contribution in [3.63, 3.8) is 0 Å². The molecule has 1 atom stereocenters. The number of aromatic nitrogens is 3. The maximum absolute atomic E-state index is 12.0. The van der Waals surface area contributed by atoms with Crippen LogP contribution in [0.25, 0.3) is 0 Å². The van der Waals surface area contributed by atoms with Gasteiger partial charge in [-0.2, -0.15) is 0 Å². The molecule has 2 rings (SSSR count). The second-order valence-electron chi connectivity index (χ2n) is 4.53. The quantitative estimate of drug-likeness (QED) is 0.796. The zero-order chi connectivity index (χ0) is 15.2. The Hall–Kier alpha value is -1.34. The molecule has 7 heteroatoms. The van der Waals surface area contributed by atoms with Crippen molar-refractivity contribution in [2.45, 2.75) is 31.6 Å². The van der Waals surface area contributed by atoms with Gasteiger partial charge in [-0.3, -0.25) is 4.79 Å². The van der Waals surface area contributed by atoms with E-state index >= 15 is 0 Å². The smallest absolute Gasteiger partial charge is 0.230 e. The third-order valence-electron chi connectivity index (χ3n) is 3.00. The molecule has 1 amide bonds. The summed E-state index contributed by atoms with van der Waals surface area (Å²) in [7, 11) is 0. The molecule has 1 aromatic heterocycles. The molecule has 0 saturated carbocycles. The summed E-state index contributed by atoms with van der Waals surface area (Å²) in [5.74, 6) is 0.320. The van der Waals surface area contributed by atoms with Crippen LogP contribution in [0, 0.1) is 0 Å². The maximum Gasteiger partial charge on any atom is 0.230 e. The van der Waals surface area contributed by atoms with E-state index in [1.165, 1.54) is 11.8 Å². The van der Waals surface area contributed by atoms with Crippen LogP contribution in [0.15, 0.2) is 40.2 Å². The lowest BCUT2D eigenvalue weighted by Gasteiger charge is -2.14. The first-order valence-corrected chi connectivity index (χ1v) is 8.43. The van der Waals surface area contributed by atoms with E-state index in [0.717, 1.165) is 21.7 Å². The highest BCUT2D eigenvalue weighted by Crippen LogP contribution is 2.18. The van der Waals surface area contributed by atoms with Crippen molar-refractivity contribution in [3.05, 3.63) is 40.6 Å². The number of nitrogens with zero attached hydrogens (tertiary/aromatic N) is 3. The van der Waals surface area contributed by atoms with Gasteiger partial charge in [-0.25, -0.2) is 0 Å². The van der Waals surface area contributed by atoms with Gasteiger partial charge in [-0.1, -0.05) is 39.8 Å². The maximum atomic E-state index is 12.0. The number of nitrogens with one attached hydrogen (secondary N) is 1. The number of carbonyl (C=O) groups is 1. The zero-order valence-electron chi connectivity index (χ0n) is 11.9. The summed E-state index contributed by atoms with van der Waals surface area (Å²) in [6.45, 7) is 4.79. The third-order valence-corrected chi connectivity index (χ3v) is 4.51. The standard InChI is InChI=1S/C14H17BrN4OS/c1-3-19-9-16-18-14(19)21-8-13(20)17-10(2)11-4-6-12(15)7-5-11/h4-7,9-10H,3,8H2,1-2H3,(H,17,20)/t10-/m1/s1. The van der Waals surface area contributed by atoms with Gasteiger partial charge < -0.3 is 9.88 Å². The average Bonchev–Trinajstić information content (AvgIpc) is 2.93. The van der Waals surface area contributed by atoms with Crippen molar-refractivity contribution in [3.8, 4) is 0 Å². The van der Waals surface area contributed by atoms with E-state index in [9.17, 15) is 4.79 Å². The molecule has 1 aromatic carbocycles. The predicted molar refractivity (Wildman–Crippen MR) is 87.1 cm³/mol. The number of carbonyl (C=O) groups excluding carboxylic acids is 1. The van der Waals surface area contributed by atoms with Crippen LogP contribution in [0.2, 0.25) is 0 Å². The fourth-order valence-electron chi connectivity index (χ4n) is 1.82. The molecular weight excluding hydrogens is 352 g/mol. The number of benzene rings is 1. The van der Waals surface area contributed by atoms with Crippen LogP contribution in [0.3, 0.4) is 0 Å². The van der Waals surface area contributed by atoms with Crippen molar-refractivity contribution in [1.82, 2.24) is 20.1 Å². The molecule has 2 aromatic rings. The molecule has 21 heavy (non-hydrogen) atoms. The molecule has 5 nitrogen and oxygen atoms in total. The van der Waals surface area contributed by atoms with Gasteiger partial charge in [0, 0.05) is 11.0 Å². The first-order chi connectivity index (χ1) is 10.1. The number of aryl methyl sites for hydroxylation is 1. The Balaban J connectivity index is 1.85. The van der Waals surface area contributed by atoms with Gasteiger partial charge in [0.1, 0.15) is 6.33 Å². The highest BCUT2D eigenvalue weighted by atomic mass is 79.9. The van der Waals surface area contributed by atoms with E-state index in [2.05, 4.69) is 31.4 Å². The topological polar surface area (TPSA) is 59.8 Å². The summed E-state index contributed by atoms with van der Waals surface area (Å²) < 4.78 is 2.94. The third kappa shape index (κ3) is 4.57. The van der Waals surface area contributed by atoms with Crippen LogP contribution in [0.5, 0.6) is 0 Å². The second-order valence-corrected chi connectivity index (χ2v) is 6.39. The fourth-order valence-corrected chi connectivity index (χ4v) is 2.88. The largest absolute Gasteiger partial charge is 0.349 e. The lowest BCUT2D eigenvalue weighted by Crippen LogP contribution is -2.28. The van der Waals surface area contributed by atoms with Crippen LogP contribution in [-0.2, 0) is 11.3 Å². The average molecular weight is 369 g/mol. The summed E-state index contributed by atoms with van der Waals surface area (Å²) in [5.41, 5.74) is 1.08. The number of halogens is 1. The monoisotopic (exact) mass is 368 g/mol. The first-order valence-electron chi connectivity index (χ1n) is 6.65. The minimum absolute atomic E-state index is 0.0129. The molecule has 0 unspecified atom stereocenters. The van der Waals surface area contributed by atoms with E-state index in [1.807, 2.05) is 42.7 Å². The Kier molecular flexibility index (Phi) is 5.81. The van der Waals surface area contributed by atoms with Crippen LogP contribution >= 0.6 is 27.7 Å². The van der Waals surface area contributed by atoms with Gasteiger partial charge in [0.2, 0.25) is 5.91 Å². The zero-order valence-corrected chi connectivity index (χ0v) is 14.3. The van der Waals surface area contributed by atoms with Gasteiger partial charge in [0.05, 0.1) is 11.8 Å². The highest BCUT2D eigenvalue weighted by Gasteiger charge is 2.11. The minimum atomic E-state index is -0.0183. The van der Waals surface area contributed by atoms with Crippen LogP contribution < -0.4 is 5.32 Å². The summed E-state index contributed by atoms with van der Waals surface area (Å²) in [4.78, 5) is 12.0. The Bertz CT molecular complexity index is 599. The molecule has 1 N–H and O–H groups in total. The number of amides is 1. The molecular formula is C14H17BrN4OS. The van der Waals surface area contributed by atoms with E-state index in [-0.39, 0.29) is 11.9 Å². The fraction of sp³-hybridized carbons (Fsp3) is 0.357. The van der Waals surface area contributed by atoms with Crippen molar-refractivity contribution in [2.75, 3.05) is 5.75 Å². The molecule has 0 aliphatic heterocycles. The molecule has 0 radical (unpaired) electrons. The van der Waals surface area contributed by atoms with Crippen LogP contribution in [0.4, 0.5) is 0 Å². The van der Waals surface area contributed by atoms with E-state index in [1.54, 1.807) is 6.33 Å². The van der Waals surface area contributed by atoms with E-state index < -0.39 is 0 Å². The molecule has 0 fully saturated rings. The van der Waals surface area contributed by atoms with Gasteiger partial charge >= 0.3 is 0 Å². The lowest BCUT2D eigenvalue weighted by atomic mass is 10.1. The van der Waals surface area contributed by atoms with Gasteiger partial charge in [-0.15, -0.1) is 10.2 Å². The van der Waals surface area contributed by atoms with Crippen LogP contribution in [-0.4, -0.2) is 26.4 Å². The Morgan fingerprint density at radius 2 is 2.14 bits per heavy atom. The number of rotatable bonds is 6. The summed E-state index contributed by atoms with van der Waals surface area (Å²) >= 11 is 4.80. The molecule has 0 spiro atoms. The van der Waals surface area contributed by atoms with Crippen molar-refractivity contribution in [1.29, 1.82) is 0 Å². The summed E-state index contributed by atoms with van der Waals surface area (Å²) in [6.07, 6.45) is 1.67. The second kappa shape index (κ2) is 7.61. The van der Waals surface area contributed by atoms with Crippen molar-refractivity contribution < 1.29 is 4.79 Å². The van der Waals surface area contributed by atoms with Gasteiger partial charge in [0.25, 0.3) is 0 Å². The Morgan fingerprint density at radius 3 is 2.81 bits per heavy atom. The van der Waals surface area contributed by atoms with Crippen molar-refractivity contribution in [2.24, 2.45) is 0 Å². The lowest BCUT2D eigenvalue weighted by molar-refractivity contribution is -0.119. The van der Waals surface area contributed by atoms with E-state index in [4.69, 9.17) is 0 Å². The van der Waals surface area contributed by atoms with Crippen molar-refractivity contribution >= 4 is 33.6 Å². The molecule has 0 bridgehead atoms. The molecule has 112 valence electrons. The highest BCUT2D eigenvalue weighted by molar-refractivity contribution is 9.10. The Morgan fingerprint density at radius 1 is 1.43 bits per heavy atom. The molecule has 1 heterocycles.